The predicted octanol–water partition coefficient (Wildman–Crippen LogP) is 2.37. The van der Waals surface area contributed by atoms with Gasteiger partial charge in [0, 0.05) is 12.3 Å². The summed E-state index contributed by atoms with van der Waals surface area (Å²) >= 11 is 0. The van der Waals surface area contributed by atoms with Gasteiger partial charge in [0.2, 0.25) is 5.88 Å². The summed E-state index contributed by atoms with van der Waals surface area (Å²) in [5, 5.41) is 9.08. The molecule has 4 heteroatoms. The molecule has 0 aromatic carbocycles. The van der Waals surface area contributed by atoms with E-state index in [2.05, 4.69) is 11.1 Å². The van der Waals surface area contributed by atoms with E-state index in [9.17, 15) is 0 Å². The van der Waals surface area contributed by atoms with Crippen molar-refractivity contribution in [2.24, 2.45) is 0 Å². The van der Waals surface area contributed by atoms with Crippen LogP contribution in [0.1, 0.15) is 30.7 Å². The summed E-state index contributed by atoms with van der Waals surface area (Å²) < 4.78 is 10.9. The highest BCUT2D eigenvalue weighted by Gasteiger charge is 2.13. The lowest BCUT2D eigenvalue weighted by atomic mass is 10.1. The van der Waals surface area contributed by atoms with Crippen LogP contribution >= 0.6 is 0 Å². The third-order valence-electron chi connectivity index (χ3n) is 2.29. The number of pyridine rings is 1. The number of hydrogen-bond donors (Lipinski definition) is 0. The van der Waals surface area contributed by atoms with Crippen LogP contribution in [-0.2, 0) is 4.74 Å². The highest BCUT2D eigenvalue weighted by atomic mass is 16.5. The Morgan fingerprint density at radius 1 is 1.47 bits per heavy atom. The Hall–Kier alpha value is -1.60. The first kappa shape index (κ1) is 13.5. The van der Waals surface area contributed by atoms with Crippen molar-refractivity contribution >= 4 is 0 Å². The zero-order valence-electron chi connectivity index (χ0n) is 10.8. The minimum atomic E-state index is -0.115. The molecular formula is C13H18N2O2. The summed E-state index contributed by atoms with van der Waals surface area (Å²) in [4.78, 5) is 4.25. The summed E-state index contributed by atoms with van der Waals surface area (Å²) in [5.74, 6) is 0.400. The van der Waals surface area contributed by atoms with E-state index in [1.165, 1.54) is 0 Å². The third kappa shape index (κ3) is 3.72. The van der Waals surface area contributed by atoms with Gasteiger partial charge in [-0.1, -0.05) is 0 Å². The van der Waals surface area contributed by atoms with E-state index in [0.717, 1.165) is 11.3 Å². The maximum Gasteiger partial charge on any atom is 0.232 e. The zero-order valence-corrected chi connectivity index (χ0v) is 10.8. The van der Waals surface area contributed by atoms with Gasteiger partial charge in [-0.3, -0.25) is 0 Å². The summed E-state index contributed by atoms with van der Waals surface area (Å²) in [7, 11) is 0. The molecule has 0 bridgehead atoms. The maximum atomic E-state index is 9.08. The Morgan fingerprint density at radius 3 is 2.76 bits per heavy atom. The second-order valence-electron chi connectivity index (χ2n) is 3.96. The van der Waals surface area contributed by atoms with Crippen LogP contribution in [0, 0.1) is 25.2 Å². The van der Waals surface area contributed by atoms with Gasteiger partial charge >= 0.3 is 0 Å². The molecule has 1 aromatic heterocycles. The van der Waals surface area contributed by atoms with Gasteiger partial charge in [0.25, 0.3) is 0 Å². The number of ether oxygens (including phenoxy) is 2. The van der Waals surface area contributed by atoms with Crippen LogP contribution in [-0.4, -0.2) is 24.3 Å². The van der Waals surface area contributed by atoms with E-state index < -0.39 is 0 Å². The van der Waals surface area contributed by atoms with Gasteiger partial charge in [-0.15, -0.1) is 0 Å². The molecule has 1 rings (SSSR count). The molecule has 17 heavy (non-hydrogen) atoms. The molecule has 0 amide bonds. The highest BCUT2D eigenvalue weighted by Crippen LogP contribution is 2.20. The van der Waals surface area contributed by atoms with E-state index in [1.807, 2.05) is 33.8 Å². The molecule has 0 N–H and O–H groups in total. The average Bonchev–Trinajstić information content (AvgIpc) is 2.25. The topological polar surface area (TPSA) is 55.1 Å². The molecule has 0 saturated carbocycles. The highest BCUT2D eigenvalue weighted by molar-refractivity contribution is 5.45. The molecule has 0 radical (unpaired) electrons. The number of nitriles is 1. The lowest BCUT2D eigenvalue weighted by Gasteiger charge is -2.15. The van der Waals surface area contributed by atoms with Crippen LogP contribution in [0.4, 0.5) is 0 Å². The quantitative estimate of drug-likeness (QED) is 0.784. The van der Waals surface area contributed by atoms with Gasteiger partial charge in [0.1, 0.15) is 17.7 Å². The second-order valence-corrected chi connectivity index (χ2v) is 3.96. The van der Waals surface area contributed by atoms with Gasteiger partial charge in [-0.25, -0.2) is 4.98 Å². The summed E-state index contributed by atoms with van der Waals surface area (Å²) in [6.07, 6.45) is -0.115. The number of hydrogen-bond acceptors (Lipinski definition) is 4. The monoisotopic (exact) mass is 234 g/mol. The largest absolute Gasteiger partial charge is 0.471 e. The van der Waals surface area contributed by atoms with E-state index in [1.54, 1.807) is 0 Å². The molecule has 1 aromatic rings. The number of nitrogens with zero attached hydrogens (tertiary/aromatic N) is 2. The first-order valence-electron chi connectivity index (χ1n) is 5.71. The van der Waals surface area contributed by atoms with E-state index in [0.29, 0.717) is 24.7 Å². The fraction of sp³-hybridized carbons (Fsp3) is 0.538. The maximum absolute atomic E-state index is 9.08. The first-order chi connectivity index (χ1) is 8.08. The molecule has 0 saturated heterocycles. The fourth-order valence-electron chi connectivity index (χ4n) is 1.53. The number of aromatic nitrogens is 1. The van der Waals surface area contributed by atoms with Crippen LogP contribution in [0.3, 0.4) is 0 Å². The minimum Gasteiger partial charge on any atom is -0.471 e. The van der Waals surface area contributed by atoms with Crippen molar-refractivity contribution in [2.75, 3.05) is 13.2 Å². The fourth-order valence-corrected chi connectivity index (χ4v) is 1.53. The van der Waals surface area contributed by atoms with Crippen LogP contribution in [0.2, 0.25) is 0 Å². The van der Waals surface area contributed by atoms with Gasteiger partial charge < -0.3 is 9.47 Å². The Kier molecular flexibility index (Phi) is 4.92. The Morgan fingerprint density at radius 2 is 2.18 bits per heavy atom. The summed E-state index contributed by atoms with van der Waals surface area (Å²) in [6.45, 7) is 8.75. The smallest absolute Gasteiger partial charge is 0.232 e. The number of aryl methyl sites for hydroxylation is 2. The minimum absolute atomic E-state index is 0.115. The summed E-state index contributed by atoms with van der Waals surface area (Å²) in [5.41, 5.74) is 2.23. The molecule has 0 aliphatic heterocycles. The molecule has 92 valence electrons. The van der Waals surface area contributed by atoms with E-state index in [4.69, 9.17) is 14.7 Å². The standard InChI is InChI=1S/C13H18N2O2/c1-5-16-8-11(4)17-13-12(7-14)9(2)6-10(3)15-13/h6,11H,5,8H2,1-4H3. The van der Waals surface area contributed by atoms with Crippen molar-refractivity contribution in [3.05, 3.63) is 22.9 Å². The molecule has 1 unspecified atom stereocenters. The van der Waals surface area contributed by atoms with Crippen molar-refractivity contribution in [3.63, 3.8) is 0 Å². The van der Waals surface area contributed by atoms with Gasteiger partial charge in [-0.2, -0.15) is 5.26 Å². The molecule has 0 aliphatic carbocycles. The van der Waals surface area contributed by atoms with Crippen molar-refractivity contribution < 1.29 is 9.47 Å². The third-order valence-corrected chi connectivity index (χ3v) is 2.29. The molecule has 0 fully saturated rings. The molecule has 0 aliphatic rings. The van der Waals surface area contributed by atoms with Gasteiger partial charge in [0.05, 0.1) is 6.61 Å². The van der Waals surface area contributed by atoms with E-state index >= 15 is 0 Å². The molecular weight excluding hydrogens is 216 g/mol. The predicted molar refractivity (Wildman–Crippen MR) is 65.0 cm³/mol. The Labute approximate surface area is 102 Å². The van der Waals surface area contributed by atoms with Crippen LogP contribution < -0.4 is 4.74 Å². The first-order valence-corrected chi connectivity index (χ1v) is 5.71. The lowest BCUT2D eigenvalue weighted by Crippen LogP contribution is -2.20. The zero-order chi connectivity index (χ0) is 12.8. The van der Waals surface area contributed by atoms with Gasteiger partial charge in [-0.05, 0) is 39.3 Å². The van der Waals surface area contributed by atoms with Crippen molar-refractivity contribution in [1.82, 2.24) is 4.98 Å². The normalized spacial score (nSPS) is 11.9. The van der Waals surface area contributed by atoms with Crippen molar-refractivity contribution in [3.8, 4) is 11.9 Å². The van der Waals surface area contributed by atoms with Crippen molar-refractivity contribution in [2.45, 2.75) is 33.8 Å². The summed E-state index contributed by atoms with van der Waals surface area (Å²) in [6, 6.07) is 4.00. The van der Waals surface area contributed by atoms with Crippen molar-refractivity contribution in [1.29, 1.82) is 5.26 Å². The average molecular weight is 234 g/mol. The van der Waals surface area contributed by atoms with Gasteiger partial charge in [0.15, 0.2) is 0 Å². The Balaban J connectivity index is 2.86. The lowest BCUT2D eigenvalue weighted by molar-refractivity contribution is 0.0631. The second kappa shape index (κ2) is 6.21. The number of rotatable bonds is 5. The molecule has 1 heterocycles. The van der Waals surface area contributed by atoms with E-state index in [-0.39, 0.29) is 6.10 Å². The SMILES string of the molecule is CCOCC(C)Oc1nc(C)cc(C)c1C#N. The van der Waals surface area contributed by atoms with Crippen LogP contribution in [0.25, 0.3) is 0 Å². The van der Waals surface area contributed by atoms with Crippen LogP contribution in [0.15, 0.2) is 6.07 Å². The molecule has 0 spiro atoms. The Bertz CT molecular complexity index is 424. The molecule has 4 nitrogen and oxygen atoms in total. The molecule has 1 atom stereocenters. The van der Waals surface area contributed by atoms with Crippen LogP contribution in [0.5, 0.6) is 5.88 Å².